The van der Waals surface area contributed by atoms with Crippen LogP contribution in [0.5, 0.6) is 0 Å². The Balaban J connectivity index is 1.55. The minimum Gasteiger partial charge on any atom is -0.345 e. The Morgan fingerprint density at radius 2 is 1.86 bits per heavy atom. The van der Waals surface area contributed by atoms with Crippen molar-refractivity contribution in [2.45, 2.75) is 26.2 Å². The second-order valence-electron chi connectivity index (χ2n) is 8.73. The molecule has 0 spiro atoms. The first kappa shape index (κ1) is 23.8. The molecule has 0 aliphatic heterocycles. The standard InChI is InChI=1S/C26H21F2N3O4S/c1-2-7-36(34,35)31-22-6-5-21(27)23(24(22)28)25(33)20-13-30-26-19(20)11-17(12-29-26)14-3-4-15-9-18(32)10-16(15)8-14/h3-6,8,11-13,31H,2,7,9-10H2,1H3,(H,29,30). The van der Waals surface area contributed by atoms with Crippen molar-refractivity contribution in [3.05, 3.63) is 82.7 Å². The van der Waals surface area contributed by atoms with Gasteiger partial charge >= 0.3 is 0 Å². The first-order chi connectivity index (χ1) is 17.2. The molecule has 1 aliphatic rings. The van der Waals surface area contributed by atoms with Crippen LogP contribution in [0.3, 0.4) is 0 Å². The number of Topliss-reactive ketones (excluding diaryl/α,β-unsaturated/α-hetero) is 1. The van der Waals surface area contributed by atoms with Crippen molar-refractivity contribution in [2.24, 2.45) is 0 Å². The van der Waals surface area contributed by atoms with E-state index in [1.807, 2.05) is 18.2 Å². The molecule has 0 fully saturated rings. The maximum atomic E-state index is 15.2. The molecule has 4 aromatic rings. The highest BCUT2D eigenvalue weighted by atomic mass is 32.2. The number of hydrogen-bond acceptors (Lipinski definition) is 5. The van der Waals surface area contributed by atoms with Crippen LogP contribution in [-0.4, -0.2) is 35.7 Å². The summed E-state index contributed by atoms with van der Waals surface area (Å²) in [6, 6.07) is 9.14. The molecule has 0 radical (unpaired) electrons. The zero-order valence-corrected chi connectivity index (χ0v) is 20.0. The van der Waals surface area contributed by atoms with Crippen molar-refractivity contribution in [3.8, 4) is 11.1 Å². The fraction of sp³-hybridized carbons (Fsp3) is 0.192. The zero-order valence-electron chi connectivity index (χ0n) is 19.2. The van der Waals surface area contributed by atoms with Crippen LogP contribution >= 0.6 is 0 Å². The third kappa shape index (κ3) is 4.28. The van der Waals surface area contributed by atoms with Crippen molar-refractivity contribution < 1.29 is 26.8 Å². The predicted octanol–water partition coefficient (Wildman–Crippen LogP) is 4.56. The van der Waals surface area contributed by atoms with Gasteiger partial charge in [0.25, 0.3) is 0 Å². The van der Waals surface area contributed by atoms with Crippen LogP contribution in [0.4, 0.5) is 14.5 Å². The molecule has 0 saturated heterocycles. The van der Waals surface area contributed by atoms with Crippen molar-refractivity contribution in [1.82, 2.24) is 9.97 Å². The van der Waals surface area contributed by atoms with E-state index in [-0.39, 0.29) is 17.1 Å². The molecule has 0 saturated carbocycles. The number of hydrogen-bond donors (Lipinski definition) is 2. The number of nitrogens with one attached hydrogen (secondary N) is 2. The largest absolute Gasteiger partial charge is 0.345 e. The molecule has 0 amide bonds. The predicted molar refractivity (Wildman–Crippen MR) is 131 cm³/mol. The number of nitrogens with zero attached hydrogens (tertiary/aromatic N) is 1. The summed E-state index contributed by atoms with van der Waals surface area (Å²) < 4.78 is 56.1. The molecule has 10 heteroatoms. The summed E-state index contributed by atoms with van der Waals surface area (Å²) in [7, 11) is -3.86. The summed E-state index contributed by atoms with van der Waals surface area (Å²) >= 11 is 0. The molecule has 184 valence electrons. The minimum absolute atomic E-state index is 0.0120. The Labute approximate surface area is 205 Å². The molecule has 2 aromatic carbocycles. The number of sulfonamides is 1. The summed E-state index contributed by atoms with van der Waals surface area (Å²) in [4.78, 5) is 32.3. The van der Waals surface area contributed by atoms with E-state index in [0.717, 1.165) is 28.8 Å². The lowest BCUT2D eigenvalue weighted by molar-refractivity contribution is -0.117. The number of ketones is 2. The summed E-state index contributed by atoms with van der Waals surface area (Å²) in [6.07, 6.45) is 4.00. The number of carbonyl (C=O) groups is 2. The van der Waals surface area contributed by atoms with Gasteiger partial charge in [0.15, 0.2) is 5.82 Å². The SMILES string of the molecule is CCCS(=O)(=O)Nc1ccc(F)c(C(=O)c2c[nH]c3ncc(-c4ccc5c(c4)CC(=O)C5)cc23)c1F. The van der Waals surface area contributed by atoms with Crippen LogP contribution in [0.25, 0.3) is 22.2 Å². The molecule has 2 aromatic heterocycles. The summed E-state index contributed by atoms with van der Waals surface area (Å²) in [5, 5.41) is 0.352. The number of aromatic nitrogens is 2. The van der Waals surface area contributed by atoms with Gasteiger partial charge in [0, 0.05) is 41.7 Å². The van der Waals surface area contributed by atoms with E-state index >= 15 is 4.39 Å². The molecule has 2 heterocycles. The second-order valence-corrected chi connectivity index (χ2v) is 10.6. The lowest BCUT2D eigenvalue weighted by atomic mass is 9.98. The molecule has 1 aliphatic carbocycles. The van der Waals surface area contributed by atoms with Gasteiger partial charge in [-0.25, -0.2) is 22.2 Å². The fourth-order valence-electron chi connectivity index (χ4n) is 4.44. The maximum absolute atomic E-state index is 15.2. The van der Waals surface area contributed by atoms with Crippen molar-refractivity contribution in [2.75, 3.05) is 10.5 Å². The number of halogens is 2. The Kier molecular flexibility index (Phi) is 5.91. The highest BCUT2D eigenvalue weighted by Gasteiger charge is 2.26. The summed E-state index contributed by atoms with van der Waals surface area (Å²) in [5.74, 6) is -3.45. The third-order valence-electron chi connectivity index (χ3n) is 6.15. The smallest absolute Gasteiger partial charge is 0.232 e. The number of carbonyl (C=O) groups excluding carboxylic acids is 2. The third-order valence-corrected chi connectivity index (χ3v) is 7.62. The highest BCUT2D eigenvalue weighted by molar-refractivity contribution is 7.92. The first-order valence-corrected chi connectivity index (χ1v) is 13.0. The van der Waals surface area contributed by atoms with E-state index in [0.29, 0.717) is 35.9 Å². The number of pyridine rings is 1. The Morgan fingerprint density at radius 1 is 1.08 bits per heavy atom. The maximum Gasteiger partial charge on any atom is 0.232 e. The molecule has 0 atom stereocenters. The van der Waals surface area contributed by atoms with E-state index in [2.05, 4.69) is 14.7 Å². The number of anilines is 1. The zero-order chi connectivity index (χ0) is 25.6. The van der Waals surface area contributed by atoms with Gasteiger partial charge in [0.2, 0.25) is 15.8 Å². The Morgan fingerprint density at radius 3 is 2.64 bits per heavy atom. The van der Waals surface area contributed by atoms with Gasteiger partial charge in [0.1, 0.15) is 17.2 Å². The molecular weight excluding hydrogens is 488 g/mol. The topological polar surface area (TPSA) is 109 Å². The molecule has 5 rings (SSSR count). The fourth-order valence-corrected chi connectivity index (χ4v) is 5.57. The second kappa shape index (κ2) is 8.94. The van der Waals surface area contributed by atoms with Gasteiger partial charge in [-0.05, 0) is 41.3 Å². The minimum atomic E-state index is -3.86. The lowest BCUT2D eigenvalue weighted by Gasteiger charge is -2.11. The van der Waals surface area contributed by atoms with Crippen molar-refractivity contribution in [3.63, 3.8) is 0 Å². The van der Waals surface area contributed by atoms with Crippen molar-refractivity contribution >= 4 is 38.3 Å². The van der Waals surface area contributed by atoms with Crippen LogP contribution in [0, 0.1) is 11.6 Å². The quantitative estimate of drug-likeness (QED) is 0.355. The monoisotopic (exact) mass is 509 g/mol. The Bertz CT molecular complexity index is 1660. The van der Waals surface area contributed by atoms with Crippen LogP contribution in [0.1, 0.15) is 40.4 Å². The summed E-state index contributed by atoms with van der Waals surface area (Å²) in [6.45, 7) is 1.65. The van der Waals surface area contributed by atoms with E-state index in [1.54, 1.807) is 19.2 Å². The number of rotatable bonds is 7. The van der Waals surface area contributed by atoms with Gasteiger partial charge in [-0.1, -0.05) is 25.1 Å². The number of H-pyrrole nitrogens is 1. The van der Waals surface area contributed by atoms with Gasteiger partial charge in [-0.2, -0.15) is 0 Å². The lowest BCUT2D eigenvalue weighted by Crippen LogP contribution is -2.18. The highest BCUT2D eigenvalue weighted by Crippen LogP contribution is 2.31. The average molecular weight is 510 g/mol. The number of fused-ring (bicyclic) bond motifs is 2. The van der Waals surface area contributed by atoms with Gasteiger partial charge in [-0.15, -0.1) is 0 Å². The van der Waals surface area contributed by atoms with Gasteiger partial charge in [0.05, 0.1) is 17.0 Å². The molecule has 36 heavy (non-hydrogen) atoms. The van der Waals surface area contributed by atoms with Crippen LogP contribution < -0.4 is 4.72 Å². The average Bonchev–Trinajstić information content (AvgIpc) is 3.42. The van der Waals surface area contributed by atoms with Crippen LogP contribution in [0.2, 0.25) is 0 Å². The molecule has 0 bridgehead atoms. The van der Waals surface area contributed by atoms with Crippen molar-refractivity contribution in [1.29, 1.82) is 0 Å². The van der Waals surface area contributed by atoms with Crippen LogP contribution in [0.15, 0.2) is 48.8 Å². The van der Waals surface area contributed by atoms with E-state index in [9.17, 15) is 22.4 Å². The molecule has 7 nitrogen and oxygen atoms in total. The van der Waals surface area contributed by atoms with Crippen LogP contribution in [-0.2, 0) is 27.7 Å². The normalized spacial score (nSPS) is 13.2. The van der Waals surface area contributed by atoms with Gasteiger partial charge in [-0.3, -0.25) is 14.3 Å². The van der Waals surface area contributed by atoms with E-state index in [4.69, 9.17) is 0 Å². The van der Waals surface area contributed by atoms with Gasteiger partial charge < -0.3 is 4.98 Å². The molecule has 0 unspecified atom stereocenters. The molecule has 2 N–H and O–H groups in total. The number of aromatic amines is 1. The van der Waals surface area contributed by atoms with E-state index in [1.165, 1.54) is 6.20 Å². The summed E-state index contributed by atoms with van der Waals surface area (Å²) in [5.41, 5.74) is 2.35. The number of benzene rings is 2. The first-order valence-electron chi connectivity index (χ1n) is 11.3. The van der Waals surface area contributed by atoms with E-state index < -0.39 is 38.7 Å². The Hall–Kier alpha value is -3.92. The molecular formula is C26H21F2N3O4S.